The lowest BCUT2D eigenvalue weighted by atomic mass is 10.1. The molecule has 0 spiro atoms. The van der Waals surface area contributed by atoms with Gasteiger partial charge in [-0.1, -0.05) is 35.4 Å². The molecule has 0 radical (unpaired) electrons. The molecule has 0 bridgehead atoms. The summed E-state index contributed by atoms with van der Waals surface area (Å²) < 4.78 is 5.23. The van der Waals surface area contributed by atoms with Gasteiger partial charge in [0.2, 0.25) is 0 Å². The Kier molecular flexibility index (Phi) is 2.72. The molecule has 0 heterocycles. The van der Waals surface area contributed by atoms with Gasteiger partial charge in [0.25, 0.3) is 0 Å². The highest BCUT2D eigenvalue weighted by molar-refractivity contribution is 5.83. The number of hydrogen-bond donors (Lipinski definition) is 0. The van der Waals surface area contributed by atoms with Crippen LogP contribution in [0.5, 0.6) is 5.75 Å². The summed E-state index contributed by atoms with van der Waals surface area (Å²) in [4.78, 5) is 2.61. The molecule has 0 aromatic heterocycles. The van der Waals surface area contributed by atoms with Crippen LogP contribution in [-0.4, -0.2) is 6.73 Å². The van der Waals surface area contributed by atoms with E-state index in [0.29, 0.717) is 5.75 Å². The normalized spacial score (nSPS) is 9.60. The summed E-state index contributed by atoms with van der Waals surface area (Å²) >= 11 is 0. The quantitative estimate of drug-likeness (QED) is 0.424. The topological polar surface area (TPSA) is 58.0 Å². The van der Waals surface area contributed by atoms with Crippen LogP contribution in [0.3, 0.4) is 0 Å². The summed E-state index contributed by atoms with van der Waals surface area (Å²) in [5, 5.41) is 5.57. The molecule has 0 aliphatic heterocycles. The molecule has 0 atom stereocenters. The van der Waals surface area contributed by atoms with Crippen LogP contribution in [0.4, 0.5) is 0 Å². The van der Waals surface area contributed by atoms with Gasteiger partial charge in [-0.15, -0.1) is 0 Å². The molecule has 0 unspecified atom stereocenters. The van der Waals surface area contributed by atoms with Crippen molar-refractivity contribution in [2.24, 2.45) is 5.11 Å². The number of hydrogen-bond acceptors (Lipinski definition) is 2. The van der Waals surface area contributed by atoms with Gasteiger partial charge < -0.3 is 4.74 Å². The van der Waals surface area contributed by atoms with Crippen molar-refractivity contribution < 1.29 is 4.74 Å². The lowest BCUT2D eigenvalue weighted by molar-refractivity contribution is 0.329. The van der Waals surface area contributed by atoms with Crippen LogP contribution < -0.4 is 4.74 Å². The van der Waals surface area contributed by atoms with E-state index in [0.717, 1.165) is 10.8 Å². The summed E-state index contributed by atoms with van der Waals surface area (Å²) in [7, 11) is 0. The zero-order chi connectivity index (χ0) is 10.5. The van der Waals surface area contributed by atoms with E-state index in [1.807, 2.05) is 42.5 Å². The molecule has 2 rings (SSSR count). The predicted molar refractivity (Wildman–Crippen MR) is 58.6 cm³/mol. The maximum absolute atomic E-state index is 8.09. The number of nitrogens with zero attached hydrogens (tertiary/aromatic N) is 3. The van der Waals surface area contributed by atoms with Crippen molar-refractivity contribution in [1.29, 1.82) is 0 Å². The Labute approximate surface area is 86.7 Å². The number of azide groups is 1. The molecule has 0 saturated heterocycles. The van der Waals surface area contributed by atoms with E-state index in [2.05, 4.69) is 10.0 Å². The molecule has 0 fully saturated rings. The standard InChI is InChI=1S/C11H9N3O/c12-14-13-8-15-11-6-5-9-3-1-2-4-10(9)7-11/h1-7H,8H2. The first-order chi connectivity index (χ1) is 7.40. The van der Waals surface area contributed by atoms with Crippen molar-refractivity contribution >= 4 is 10.8 Å². The van der Waals surface area contributed by atoms with Crippen LogP contribution >= 0.6 is 0 Å². The Hall–Kier alpha value is -2.19. The fourth-order valence-electron chi connectivity index (χ4n) is 1.39. The maximum Gasteiger partial charge on any atom is 0.167 e. The Bertz CT molecular complexity index is 518. The third kappa shape index (κ3) is 2.18. The average molecular weight is 199 g/mol. The van der Waals surface area contributed by atoms with Gasteiger partial charge in [-0.2, -0.15) is 0 Å². The van der Waals surface area contributed by atoms with Gasteiger partial charge >= 0.3 is 0 Å². The highest BCUT2D eigenvalue weighted by Crippen LogP contribution is 2.20. The first-order valence-electron chi connectivity index (χ1n) is 4.52. The first kappa shape index (κ1) is 9.37. The Morgan fingerprint density at radius 3 is 2.73 bits per heavy atom. The van der Waals surface area contributed by atoms with E-state index >= 15 is 0 Å². The minimum Gasteiger partial charge on any atom is -0.488 e. The second-order valence-corrected chi connectivity index (χ2v) is 3.01. The molecule has 0 aliphatic rings. The molecule has 0 N–H and O–H groups in total. The van der Waals surface area contributed by atoms with Crippen LogP contribution in [0.2, 0.25) is 0 Å². The number of rotatable bonds is 3. The largest absolute Gasteiger partial charge is 0.488 e. The molecule has 0 amide bonds. The fourth-order valence-corrected chi connectivity index (χ4v) is 1.39. The van der Waals surface area contributed by atoms with Crippen molar-refractivity contribution in [2.75, 3.05) is 6.73 Å². The molecule has 4 heteroatoms. The lowest BCUT2D eigenvalue weighted by Crippen LogP contribution is -1.91. The van der Waals surface area contributed by atoms with Crippen LogP contribution in [0.25, 0.3) is 21.2 Å². The van der Waals surface area contributed by atoms with Gasteiger partial charge in [0, 0.05) is 4.91 Å². The first-order valence-corrected chi connectivity index (χ1v) is 4.52. The van der Waals surface area contributed by atoms with Gasteiger partial charge in [-0.05, 0) is 28.4 Å². The Balaban J connectivity index is 2.26. The highest BCUT2D eigenvalue weighted by atomic mass is 16.5. The van der Waals surface area contributed by atoms with E-state index in [-0.39, 0.29) is 6.73 Å². The summed E-state index contributed by atoms with van der Waals surface area (Å²) in [6.07, 6.45) is 0. The molecule has 2 aromatic rings. The van der Waals surface area contributed by atoms with Gasteiger partial charge in [0.1, 0.15) is 5.75 Å². The van der Waals surface area contributed by atoms with E-state index in [4.69, 9.17) is 10.3 Å². The SMILES string of the molecule is [N-]=[N+]=NCOc1ccc2ccccc2c1. The summed E-state index contributed by atoms with van der Waals surface area (Å²) in [5.74, 6) is 0.709. The van der Waals surface area contributed by atoms with E-state index < -0.39 is 0 Å². The van der Waals surface area contributed by atoms with Crippen LogP contribution in [0.15, 0.2) is 47.6 Å². The second kappa shape index (κ2) is 4.35. The van der Waals surface area contributed by atoms with Crippen LogP contribution in [-0.2, 0) is 0 Å². The molecule has 0 aliphatic carbocycles. The lowest BCUT2D eigenvalue weighted by Gasteiger charge is -2.03. The minimum atomic E-state index is 0.0227. The monoisotopic (exact) mass is 199 g/mol. The number of benzene rings is 2. The molecular weight excluding hydrogens is 190 g/mol. The smallest absolute Gasteiger partial charge is 0.167 e. The summed E-state index contributed by atoms with van der Waals surface area (Å²) in [6.45, 7) is 0.0227. The minimum absolute atomic E-state index is 0.0227. The third-order valence-corrected chi connectivity index (χ3v) is 2.07. The Morgan fingerprint density at radius 1 is 1.13 bits per heavy atom. The summed E-state index contributed by atoms with van der Waals surface area (Å²) in [6, 6.07) is 13.8. The van der Waals surface area contributed by atoms with Crippen LogP contribution in [0, 0.1) is 0 Å². The number of ether oxygens (including phenoxy) is 1. The average Bonchev–Trinajstić information content (AvgIpc) is 2.29. The van der Waals surface area contributed by atoms with Crippen molar-refractivity contribution in [3.63, 3.8) is 0 Å². The molecular formula is C11H9N3O. The van der Waals surface area contributed by atoms with E-state index in [9.17, 15) is 0 Å². The van der Waals surface area contributed by atoms with E-state index in [1.165, 1.54) is 0 Å². The van der Waals surface area contributed by atoms with Crippen molar-refractivity contribution in [2.45, 2.75) is 0 Å². The van der Waals surface area contributed by atoms with Crippen molar-refractivity contribution in [1.82, 2.24) is 0 Å². The van der Waals surface area contributed by atoms with Gasteiger partial charge in [0.05, 0.1) is 0 Å². The third-order valence-electron chi connectivity index (χ3n) is 2.07. The fraction of sp³-hybridized carbons (Fsp3) is 0.0909. The Morgan fingerprint density at radius 2 is 1.93 bits per heavy atom. The second-order valence-electron chi connectivity index (χ2n) is 3.01. The molecule has 15 heavy (non-hydrogen) atoms. The van der Waals surface area contributed by atoms with Gasteiger partial charge in [0.15, 0.2) is 6.73 Å². The predicted octanol–water partition coefficient (Wildman–Crippen LogP) is 3.49. The van der Waals surface area contributed by atoms with Crippen molar-refractivity contribution in [3.8, 4) is 5.75 Å². The zero-order valence-electron chi connectivity index (χ0n) is 8.00. The van der Waals surface area contributed by atoms with Crippen molar-refractivity contribution in [3.05, 3.63) is 52.9 Å². The zero-order valence-corrected chi connectivity index (χ0v) is 8.00. The molecule has 74 valence electrons. The number of fused-ring (bicyclic) bond motifs is 1. The van der Waals surface area contributed by atoms with Gasteiger partial charge in [-0.25, -0.2) is 0 Å². The molecule has 2 aromatic carbocycles. The molecule has 0 saturated carbocycles. The van der Waals surface area contributed by atoms with Gasteiger partial charge in [-0.3, -0.25) is 0 Å². The van der Waals surface area contributed by atoms with E-state index in [1.54, 1.807) is 0 Å². The maximum atomic E-state index is 8.09. The highest BCUT2D eigenvalue weighted by Gasteiger charge is 1.95. The van der Waals surface area contributed by atoms with Crippen LogP contribution in [0.1, 0.15) is 0 Å². The molecule has 4 nitrogen and oxygen atoms in total. The summed E-state index contributed by atoms with van der Waals surface area (Å²) in [5.41, 5.74) is 8.09.